The zero-order valence-electron chi connectivity index (χ0n) is 13.3. The minimum Gasteiger partial charge on any atom is -0.376 e. The van der Waals surface area contributed by atoms with Crippen LogP contribution in [-0.2, 0) is 9.53 Å². The molecule has 2 fully saturated rings. The zero-order valence-corrected chi connectivity index (χ0v) is 13.3. The van der Waals surface area contributed by atoms with Gasteiger partial charge in [0.2, 0.25) is 0 Å². The number of hydrogen-bond donors (Lipinski definition) is 0. The van der Waals surface area contributed by atoms with Crippen LogP contribution in [0.15, 0.2) is 0 Å². The minimum atomic E-state index is -0.159. The van der Waals surface area contributed by atoms with Crippen LogP contribution in [0.3, 0.4) is 0 Å². The fraction of sp³-hybridized carbons (Fsp3) is 0.941. The maximum absolute atomic E-state index is 11.9. The van der Waals surface area contributed by atoms with E-state index >= 15 is 0 Å². The van der Waals surface area contributed by atoms with E-state index in [1.165, 1.54) is 25.7 Å². The number of ketones is 1. The Hall–Kier alpha value is -0.370. The average molecular weight is 266 g/mol. The first-order valence-corrected chi connectivity index (χ1v) is 7.89. The summed E-state index contributed by atoms with van der Waals surface area (Å²) in [5.74, 6) is 1.22. The first-order chi connectivity index (χ1) is 8.70. The van der Waals surface area contributed by atoms with Crippen molar-refractivity contribution in [2.24, 2.45) is 16.7 Å². The summed E-state index contributed by atoms with van der Waals surface area (Å²) in [6.07, 6.45) is 7.94. The molecular formula is C17H30O2. The Morgan fingerprint density at radius 2 is 1.79 bits per heavy atom. The molecule has 0 unspecified atom stereocenters. The van der Waals surface area contributed by atoms with Crippen LogP contribution in [0.5, 0.6) is 0 Å². The van der Waals surface area contributed by atoms with Gasteiger partial charge in [0.15, 0.2) is 0 Å². The van der Waals surface area contributed by atoms with Gasteiger partial charge >= 0.3 is 0 Å². The van der Waals surface area contributed by atoms with Crippen molar-refractivity contribution in [2.75, 3.05) is 0 Å². The molecular weight excluding hydrogens is 236 g/mol. The maximum Gasteiger partial charge on any atom is 0.138 e. The van der Waals surface area contributed by atoms with E-state index in [1.807, 2.05) is 20.8 Å². The molecule has 0 aromatic heterocycles. The van der Waals surface area contributed by atoms with Crippen molar-refractivity contribution in [3.8, 4) is 0 Å². The van der Waals surface area contributed by atoms with Gasteiger partial charge in [-0.15, -0.1) is 0 Å². The van der Waals surface area contributed by atoms with Gasteiger partial charge in [0, 0.05) is 11.8 Å². The number of carbonyl (C=O) groups is 1. The third-order valence-electron chi connectivity index (χ3n) is 4.85. The minimum absolute atomic E-state index is 0.159. The fourth-order valence-electron chi connectivity index (χ4n) is 3.80. The van der Waals surface area contributed by atoms with Crippen molar-refractivity contribution >= 4 is 5.78 Å². The monoisotopic (exact) mass is 266 g/mol. The summed E-state index contributed by atoms with van der Waals surface area (Å²) in [6, 6.07) is 0. The normalized spacial score (nSPS) is 34.2. The lowest BCUT2D eigenvalue weighted by Gasteiger charge is -2.58. The SMILES string of the molecule is CC(C)OC1CC2(CC(CCC(=O)C(C)(C)C)C2)C1. The molecule has 2 heteroatoms. The Kier molecular flexibility index (Phi) is 4.11. The van der Waals surface area contributed by atoms with Gasteiger partial charge in [-0.25, -0.2) is 0 Å². The van der Waals surface area contributed by atoms with E-state index < -0.39 is 0 Å². The van der Waals surface area contributed by atoms with Crippen molar-refractivity contribution in [1.29, 1.82) is 0 Å². The molecule has 0 saturated heterocycles. The van der Waals surface area contributed by atoms with Crippen LogP contribution < -0.4 is 0 Å². The smallest absolute Gasteiger partial charge is 0.138 e. The molecule has 0 N–H and O–H groups in total. The topological polar surface area (TPSA) is 26.3 Å². The van der Waals surface area contributed by atoms with E-state index in [9.17, 15) is 4.79 Å². The van der Waals surface area contributed by atoms with Gasteiger partial charge in [0.1, 0.15) is 5.78 Å². The van der Waals surface area contributed by atoms with Gasteiger partial charge in [0.25, 0.3) is 0 Å². The zero-order chi connectivity index (χ0) is 14.3. The van der Waals surface area contributed by atoms with Gasteiger partial charge in [-0.3, -0.25) is 4.79 Å². The second kappa shape index (κ2) is 5.20. The number of hydrogen-bond acceptors (Lipinski definition) is 2. The molecule has 2 aliphatic rings. The highest BCUT2D eigenvalue weighted by Gasteiger charge is 2.53. The molecule has 2 saturated carbocycles. The second-order valence-electron chi connectivity index (χ2n) is 8.20. The number of Topliss-reactive ketones (excluding diaryl/α,β-unsaturated/α-hetero) is 1. The van der Waals surface area contributed by atoms with E-state index in [2.05, 4.69) is 13.8 Å². The van der Waals surface area contributed by atoms with Crippen LogP contribution in [0.2, 0.25) is 0 Å². The molecule has 0 aliphatic heterocycles. The summed E-state index contributed by atoms with van der Waals surface area (Å²) in [5.41, 5.74) is 0.448. The van der Waals surface area contributed by atoms with Crippen LogP contribution in [0.1, 0.15) is 73.1 Å². The molecule has 110 valence electrons. The first-order valence-electron chi connectivity index (χ1n) is 7.89. The standard InChI is InChI=1S/C17H30O2/c1-12(2)19-14-10-17(11-14)8-13(9-17)6-7-15(18)16(3,4)5/h12-14H,6-11H2,1-5H3. The highest BCUT2D eigenvalue weighted by atomic mass is 16.5. The summed E-state index contributed by atoms with van der Waals surface area (Å²) in [4.78, 5) is 11.9. The maximum atomic E-state index is 11.9. The van der Waals surface area contributed by atoms with E-state index in [1.54, 1.807) is 0 Å². The van der Waals surface area contributed by atoms with Crippen LogP contribution >= 0.6 is 0 Å². The Morgan fingerprint density at radius 3 is 2.26 bits per heavy atom. The van der Waals surface area contributed by atoms with E-state index in [0.717, 1.165) is 18.8 Å². The van der Waals surface area contributed by atoms with E-state index in [-0.39, 0.29) is 5.41 Å². The van der Waals surface area contributed by atoms with Crippen molar-refractivity contribution < 1.29 is 9.53 Å². The van der Waals surface area contributed by atoms with Crippen LogP contribution in [-0.4, -0.2) is 18.0 Å². The van der Waals surface area contributed by atoms with E-state index in [4.69, 9.17) is 4.74 Å². The predicted molar refractivity (Wildman–Crippen MR) is 78.1 cm³/mol. The molecule has 0 heterocycles. The van der Waals surface area contributed by atoms with Crippen molar-refractivity contribution in [2.45, 2.75) is 85.4 Å². The van der Waals surface area contributed by atoms with Crippen molar-refractivity contribution in [1.82, 2.24) is 0 Å². The predicted octanol–water partition coefficient (Wildman–Crippen LogP) is 4.37. The third-order valence-corrected chi connectivity index (χ3v) is 4.85. The lowest BCUT2D eigenvalue weighted by Crippen LogP contribution is -2.51. The van der Waals surface area contributed by atoms with Crippen LogP contribution in [0.25, 0.3) is 0 Å². The van der Waals surface area contributed by atoms with Gasteiger partial charge in [-0.2, -0.15) is 0 Å². The summed E-state index contributed by atoms with van der Waals surface area (Å²) in [5, 5.41) is 0. The molecule has 2 nitrogen and oxygen atoms in total. The molecule has 2 aliphatic carbocycles. The first kappa shape index (κ1) is 15.0. The van der Waals surface area contributed by atoms with Crippen LogP contribution in [0.4, 0.5) is 0 Å². The molecule has 0 atom stereocenters. The van der Waals surface area contributed by atoms with Gasteiger partial charge in [0.05, 0.1) is 12.2 Å². The van der Waals surface area contributed by atoms with Crippen LogP contribution in [0, 0.1) is 16.7 Å². The molecule has 0 radical (unpaired) electrons. The number of rotatable bonds is 5. The summed E-state index contributed by atoms with van der Waals surface area (Å²) in [6.45, 7) is 10.3. The summed E-state index contributed by atoms with van der Waals surface area (Å²) < 4.78 is 5.84. The van der Waals surface area contributed by atoms with Crippen molar-refractivity contribution in [3.05, 3.63) is 0 Å². The Balaban J connectivity index is 1.62. The lowest BCUT2D eigenvalue weighted by atomic mass is 9.50. The molecule has 2 rings (SSSR count). The highest BCUT2D eigenvalue weighted by molar-refractivity contribution is 5.83. The van der Waals surface area contributed by atoms with Gasteiger partial charge in [-0.1, -0.05) is 20.8 Å². The fourth-order valence-corrected chi connectivity index (χ4v) is 3.80. The Morgan fingerprint density at radius 1 is 1.21 bits per heavy atom. The van der Waals surface area contributed by atoms with Gasteiger partial charge in [-0.05, 0) is 57.3 Å². The molecule has 0 bridgehead atoms. The lowest BCUT2D eigenvalue weighted by molar-refractivity contribution is -0.155. The Labute approximate surface area is 118 Å². The second-order valence-corrected chi connectivity index (χ2v) is 8.20. The van der Waals surface area contributed by atoms with Gasteiger partial charge < -0.3 is 4.74 Å². The molecule has 19 heavy (non-hydrogen) atoms. The summed E-state index contributed by atoms with van der Waals surface area (Å²) in [7, 11) is 0. The largest absolute Gasteiger partial charge is 0.376 e. The molecule has 0 amide bonds. The van der Waals surface area contributed by atoms with E-state index in [0.29, 0.717) is 23.4 Å². The molecule has 1 spiro atoms. The Bertz CT molecular complexity index is 324. The molecule has 0 aromatic carbocycles. The third kappa shape index (κ3) is 3.59. The summed E-state index contributed by atoms with van der Waals surface area (Å²) >= 11 is 0. The number of carbonyl (C=O) groups excluding carboxylic acids is 1. The quantitative estimate of drug-likeness (QED) is 0.738. The average Bonchev–Trinajstić information content (AvgIpc) is 2.15. The molecule has 0 aromatic rings. The van der Waals surface area contributed by atoms with Crippen molar-refractivity contribution in [3.63, 3.8) is 0 Å². The number of ether oxygens (including phenoxy) is 1. The highest BCUT2D eigenvalue weighted by Crippen LogP contribution is 2.60.